The summed E-state index contributed by atoms with van der Waals surface area (Å²) in [6, 6.07) is 69.6. The molecule has 8 aromatic carbocycles. The van der Waals surface area contributed by atoms with Crippen LogP contribution in [0.1, 0.15) is 25.0 Å². The van der Waals surface area contributed by atoms with Crippen molar-refractivity contribution in [3.05, 3.63) is 205 Å². The minimum Gasteiger partial charge on any atom is -0.228 e. The Labute approximate surface area is 322 Å². The van der Waals surface area contributed by atoms with E-state index in [-0.39, 0.29) is 5.41 Å². The molecule has 10 rings (SSSR count). The minimum absolute atomic E-state index is 0.140. The fourth-order valence-electron chi connectivity index (χ4n) is 8.42. The summed E-state index contributed by atoms with van der Waals surface area (Å²) < 4.78 is 0. The van der Waals surface area contributed by atoms with Gasteiger partial charge in [0.15, 0.2) is 5.82 Å². The number of hydrogen-bond donors (Lipinski definition) is 0. The van der Waals surface area contributed by atoms with Crippen molar-refractivity contribution in [3.8, 4) is 78.4 Å². The summed E-state index contributed by atoms with van der Waals surface area (Å²) in [5.74, 6) is 0.718. The molecule has 0 radical (unpaired) electrons. The maximum atomic E-state index is 5.28. The summed E-state index contributed by atoms with van der Waals surface area (Å²) in [4.78, 5) is 10.5. The van der Waals surface area contributed by atoms with Crippen molar-refractivity contribution < 1.29 is 0 Å². The third-order valence-electron chi connectivity index (χ3n) is 11.3. The van der Waals surface area contributed by atoms with Crippen molar-refractivity contribution in [1.82, 2.24) is 9.97 Å². The van der Waals surface area contributed by atoms with E-state index in [1.165, 1.54) is 60.8 Å². The van der Waals surface area contributed by atoms with Crippen LogP contribution in [-0.4, -0.2) is 9.97 Å². The van der Waals surface area contributed by atoms with E-state index in [1.54, 1.807) is 0 Å². The molecule has 0 atom stereocenters. The molecule has 1 aromatic heterocycles. The number of benzene rings is 8. The Morgan fingerprint density at radius 3 is 1.47 bits per heavy atom. The molecule has 0 amide bonds. The second kappa shape index (κ2) is 13.2. The molecule has 9 aromatic rings. The first-order valence-corrected chi connectivity index (χ1v) is 19.0. The van der Waals surface area contributed by atoms with Gasteiger partial charge in [-0.3, -0.25) is 0 Å². The zero-order chi connectivity index (χ0) is 36.9. The van der Waals surface area contributed by atoms with Crippen LogP contribution in [0.3, 0.4) is 0 Å². The number of aromatic nitrogens is 2. The van der Waals surface area contributed by atoms with Crippen LogP contribution in [0.4, 0.5) is 0 Å². The van der Waals surface area contributed by atoms with Crippen molar-refractivity contribution in [3.63, 3.8) is 0 Å². The molecule has 0 spiro atoms. The van der Waals surface area contributed by atoms with Crippen LogP contribution in [0.15, 0.2) is 194 Å². The molecule has 0 aliphatic heterocycles. The van der Waals surface area contributed by atoms with E-state index < -0.39 is 0 Å². The van der Waals surface area contributed by atoms with Gasteiger partial charge >= 0.3 is 0 Å². The largest absolute Gasteiger partial charge is 0.228 e. The zero-order valence-corrected chi connectivity index (χ0v) is 30.9. The monoisotopic (exact) mass is 702 g/mol. The molecule has 0 saturated carbocycles. The van der Waals surface area contributed by atoms with Crippen LogP contribution in [0.5, 0.6) is 0 Å². The van der Waals surface area contributed by atoms with Gasteiger partial charge < -0.3 is 0 Å². The lowest BCUT2D eigenvalue weighted by Gasteiger charge is -2.22. The molecule has 2 nitrogen and oxygen atoms in total. The predicted octanol–water partition coefficient (Wildman–Crippen LogP) is 13.9. The molecule has 260 valence electrons. The maximum Gasteiger partial charge on any atom is 0.160 e. The number of hydrogen-bond acceptors (Lipinski definition) is 2. The normalized spacial score (nSPS) is 12.7. The Morgan fingerprint density at radius 2 is 0.818 bits per heavy atom. The Balaban J connectivity index is 1.07. The standard InChI is InChI=1S/C53H38N2/c1-53(2)47-23-13-22-45(51(47)46-32-41-18-9-10-19-42(41)33-48(46)53)50-34-49(54-52(55-50)40-16-7-4-8-17-40)39-30-28-38(29-31-39)44-21-12-11-20-43(44)37-26-24-36(25-27-37)35-14-5-3-6-15-35/h3-34H,1-2H3. The molecular formula is C53H38N2. The fourth-order valence-corrected chi connectivity index (χ4v) is 8.42. The molecule has 0 bridgehead atoms. The summed E-state index contributed by atoms with van der Waals surface area (Å²) in [6.07, 6.45) is 0. The average molecular weight is 703 g/mol. The fraction of sp³-hybridized carbons (Fsp3) is 0.0566. The molecule has 1 heterocycles. The highest BCUT2D eigenvalue weighted by Gasteiger charge is 2.37. The van der Waals surface area contributed by atoms with E-state index >= 15 is 0 Å². The zero-order valence-electron chi connectivity index (χ0n) is 30.9. The van der Waals surface area contributed by atoms with Crippen molar-refractivity contribution >= 4 is 10.8 Å². The SMILES string of the molecule is CC1(C)c2cc3ccccc3cc2-c2c(-c3cc(-c4ccc(-c5ccccc5-c5ccc(-c6ccccc6)cc5)cc4)nc(-c4ccccc4)n3)cccc21. The lowest BCUT2D eigenvalue weighted by atomic mass is 9.81. The molecule has 0 N–H and O–H groups in total. The highest BCUT2D eigenvalue weighted by Crippen LogP contribution is 2.53. The van der Waals surface area contributed by atoms with E-state index in [1.807, 2.05) is 6.07 Å². The molecule has 1 aliphatic rings. The van der Waals surface area contributed by atoms with Crippen LogP contribution >= 0.6 is 0 Å². The average Bonchev–Trinajstić information content (AvgIpc) is 3.48. The molecule has 1 aliphatic carbocycles. The van der Waals surface area contributed by atoms with E-state index in [4.69, 9.17) is 9.97 Å². The number of fused-ring (bicyclic) bond motifs is 4. The van der Waals surface area contributed by atoms with Gasteiger partial charge in [0.1, 0.15) is 0 Å². The quantitative estimate of drug-likeness (QED) is 0.172. The van der Waals surface area contributed by atoms with Gasteiger partial charge in [-0.2, -0.15) is 0 Å². The first-order valence-electron chi connectivity index (χ1n) is 19.0. The topological polar surface area (TPSA) is 25.8 Å². The van der Waals surface area contributed by atoms with Gasteiger partial charge in [-0.25, -0.2) is 9.97 Å². The smallest absolute Gasteiger partial charge is 0.160 e. The van der Waals surface area contributed by atoms with Crippen LogP contribution < -0.4 is 0 Å². The second-order valence-corrected chi connectivity index (χ2v) is 15.0. The van der Waals surface area contributed by atoms with E-state index in [9.17, 15) is 0 Å². The minimum atomic E-state index is -0.140. The summed E-state index contributed by atoms with van der Waals surface area (Å²) >= 11 is 0. The Hall–Kier alpha value is -6.90. The van der Waals surface area contributed by atoms with Gasteiger partial charge in [0.25, 0.3) is 0 Å². The van der Waals surface area contributed by atoms with E-state index in [0.29, 0.717) is 0 Å². The van der Waals surface area contributed by atoms with Crippen molar-refractivity contribution in [2.45, 2.75) is 19.3 Å². The highest BCUT2D eigenvalue weighted by molar-refractivity contribution is 5.98. The molecular weight excluding hydrogens is 665 g/mol. The van der Waals surface area contributed by atoms with Gasteiger partial charge in [-0.15, -0.1) is 0 Å². The third kappa shape index (κ3) is 5.75. The first kappa shape index (κ1) is 32.7. The van der Waals surface area contributed by atoms with Gasteiger partial charge in [-0.05, 0) is 84.6 Å². The Kier molecular flexibility index (Phi) is 7.85. The third-order valence-corrected chi connectivity index (χ3v) is 11.3. The molecule has 55 heavy (non-hydrogen) atoms. The van der Waals surface area contributed by atoms with Crippen LogP contribution in [0, 0.1) is 0 Å². The molecule has 0 fully saturated rings. The Bertz CT molecular complexity index is 2850. The summed E-state index contributed by atoms with van der Waals surface area (Å²) in [7, 11) is 0. The first-order chi connectivity index (χ1) is 27.0. The van der Waals surface area contributed by atoms with Crippen LogP contribution in [0.2, 0.25) is 0 Å². The lowest BCUT2D eigenvalue weighted by molar-refractivity contribution is 0.661. The predicted molar refractivity (Wildman–Crippen MR) is 230 cm³/mol. The number of nitrogens with zero attached hydrogens (tertiary/aromatic N) is 2. The molecule has 0 saturated heterocycles. The Morgan fingerprint density at radius 1 is 0.327 bits per heavy atom. The number of rotatable bonds is 6. The summed E-state index contributed by atoms with van der Waals surface area (Å²) in [6.45, 7) is 4.69. The summed E-state index contributed by atoms with van der Waals surface area (Å²) in [5.41, 5.74) is 17.3. The summed E-state index contributed by atoms with van der Waals surface area (Å²) in [5, 5.41) is 2.52. The molecule has 0 unspecified atom stereocenters. The van der Waals surface area contributed by atoms with Crippen LogP contribution in [-0.2, 0) is 5.41 Å². The molecule has 2 heteroatoms. The van der Waals surface area contributed by atoms with Crippen LogP contribution in [0.25, 0.3) is 89.2 Å². The van der Waals surface area contributed by atoms with Gasteiger partial charge in [0, 0.05) is 22.1 Å². The second-order valence-electron chi connectivity index (χ2n) is 15.0. The maximum absolute atomic E-state index is 5.28. The van der Waals surface area contributed by atoms with Gasteiger partial charge in [0.2, 0.25) is 0 Å². The van der Waals surface area contributed by atoms with Gasteiger partial charge in [0.05, 0.1) is 11.4 Å². The van der Waals surface area contributed by atoms with E-state index in [2.05, 4.69) is 202 Å². The highest BCUT2D eigenvalue weighted by atomic mass is 14.9. The van der Waals surface area contributed by atoms with Crippen molar-refractivity contribution in [2.75, 3.05) is 0 Å². The van der Waals surface area contributed by atoms with E-state index in [0.717, 1.165) is 39.5 Å². The van der Waals surface area contributed by atoms with Crippen molar-refractivity contribution in [1.29, 1.82) is 0 Å². The van der Waals surface area contributed by atoms with Crippen molar-refractivity contribution in [2.24, 2.45) is 0 Å². The lowest BCUT2D eigenvalue weighted by Crippen LogP contribution is -2.14. The van der Waals surface area contributed by atoms with Gasteiger partial charge in [-0.1, -0.05) is 190 Å².